The predicted octanol–water partition coefficient (Wildman–Crippen LogP) is 3.11. The lowest BCUT2D eigenvalue weighted by atomic mass is 10.1. The van der Waals surface area contributed by atoms with Crippen molar-refractivity contribution < 1.29 is 9.53 Å². The number of hydrogen-bond donors (Lipinski definition) is 0. The molecule has 0 saturated heterocycles. The lowest BCUT2D eigenvalue weighted by Gasteiger charge is -2.05. The molecule has 0 aliphatic carbocycles. The molecule has 0 rings (SSSR count). The molecule has 0 aromatic heterocycles. The fourth-order valence-corrected chi connectivity index (χ4v) is 1.50. The van der Waals surface area contributed by atoms with E-state index in [0.717, 1.165) is 12.3 Å². The van der Waals surface area contributed by atoms with Gasteiger partial charge in [0.25, 0.3) is 0 Å². The Morgan fingerprint density at radius 2 is 2.00 bits per heavy atom. The monoisotopic (exact) mass is 218 g/mol. The topological polar surface area (TPSA) is 26.3 Å². The van der Waals surface area contributed by atoms with E-state index in [0.29, 0.717) is 12.4 Å². The molecule has 0 saturated carbocycles. The molecule has 84 valence electrons. The molecular weight excluding hydrogens is 196 g/mol. The van der Waals surface area contributed by atoms with Crippen molar-refractivity contribution in [3.63, 3.8) is 0 Å². The third kappa shape index (κ3) is 9.90. The Balaban J connectivity index is 3.09. The standard InChI is InChI=1S/C11H22O2S/c1-10(2)7-5-4-6-8-13-11(12)9-14-3/h10H,4-9H2,1-3H3. The van der Waals surface area contributed by atoms with Crippen LogP contribution in [0.15, 0.2) is 0 Å². The van der Waals surface area contributed by atoms with Gasteiger partial charge in [-0.3, -0.25) is 4.79 Å². The Morgan fingerprint density at radius 3 is 2.57 bits per heavy atom. The van der Waals surface area contributed by atoms with E-state index in [1.54, 1.807) is 0 Å². The van der Waals surface area contributed by atoms with E-state index in [9.17, 15) is 4.79 Å². The molecule has 14 heavy (non-hydrogen) atoms. The van der Waals surface area contributed by atoms with Crippen LogP contribution in [-0.4, -0.2) is 24.6 Å². The number of thioether (sulfide) groups is 1. The highest BCUT2D eigenvalue weighted by Gasteiger charge is 2.00. The van der Waals surface area contributed by atoms with E-state index in [2.05, 4.69) is 13.8 Å². The number of unbranched alkanes of at least 4 members (excludes halogenated alkanes) is 2. The van der Waals surface area contributed by atoms with Gasteiger partial charge in [0.05, 0.1) is 12.4 Å². The molecule has 0 heterocycles. The summed E-state index contributed by atoms with van der Waals surface area (Å²) in [4.78, 5) is 10.9. The molecule has 0 aliphatic heterocycles. The van der Waals surface area contributed by atoms with Gasteiger partial charge in [-0.15, -0.1) is 0 Å². The van der Waals surface area contributed by atoms with Crippen LogP contribution in [0.2, 0.25) is 0 Å². The molecular formula is C11H22O2S. The van der Waals surface area contributed by atoms with Gasteiger partial charge >= 0.3 is 5.97 Å². The van der Waals surface area contributed by atoms with Crippen molar-refractivity contribution in [3.8, 4) is 0 Å². The Morgan fingerprint density at radius 1 is 1.29 bits per heavy atom. The lowest BCUT2D eigenvalue weighted by Crippen LogP contribution is -2.08. The number of rotatable bonds is 8. The van der Waals surface area contributed by atoms with Crippen LogP contribution in [0.3, 0.4) is 0 Å². The van der Waals surface area contributed by atoms with Crippen LogP contribution >= 0.6 is 11.8 Å². The van der Waals surface area contributed by atoms with Crippen LogP contribution in [0.4, 0.5) is 0 Å². The van der Waals surface area contributed by atoms with Crippen LogP contribution in [0.5, 0.6) is 0 Å². The summed E-state index contributed by atoms with van der Waals surface area (Å²) in [6.45, 7) is 5.06. The third-order valence-electron chi connectivity index (χ3n) is 1.95. The maximum Gasteiger partial charge on any atom is 0.315 e. The van der Waals surface area contributed by atoms with E-state index < -0.39 is 0 Å². The summed E-state index contributed by atoms with van der Waals surface area (Å²) >= 11 is 1.51. The summed E-state index contributed by atoms with van der Waals surface area (Å²) in [5.41, 5.74) is 0. The molecule has 0 fully saturated rings. The summed E-state index contributed by atoms with van der Waals surface area (Å²) in [6.07, 6.45) is 6.61. The Kier molecular flexibility index (Phi) is 9.26. The Bertz CT molecular complexity index is 146. The van der Waals surface area contributed by atoms with E-state index in [1.165, 1.54) is 31.0 Å². The van der Waals surface area contributed by atoms with Gasteiger partial charge in [0.1, 0.15) is 0 Å². The van der Waals surface area contributed by atoms with Gasteiger partial charge in [-0.2, -0.15) is 11.8 Å². The van der Waals surface area contributed by atoms with Gasteiger partial charge in [-0.1, -0.05) is 33.1 Å². The molecule has 3 heteroatoms. The first-order chi connectivity index (χ1) is 6.66. The van der Waals surface area contributed by atoms with Crippen LogP contribution in [0.1, 0.15) is 39.5 Å². The minimum atomic E-state index is -0.0821. The first-order valence-corrected chi connectivity index (χ1v) is 6.70. The molecule has 0 spiro atoms. The van der Waals surface area contributed by atoms with Crippen LogP contribution in [0.25, 0.3) is 0 Å². The average Bonchev–Trinajstić information content (AvgIpc) is 2.11. The van der Waals surface area contributed by atoms with Crippen molar-refractivity contribution in [1.29, 1.82) is 0 Å². The second kappa shape index (κ2) is 9.38. The highest BCUT2D eigenvalue weighted by Crippen LogP contribution is 2.08. The van der Waals surface area contributed by atoms with E-state index in [1.807, 2.05) is 6.26 Å². The second-order valence-electron chi connectivity index (χ2n) is 3.90. The molecule has 0 amide bonds. The summed E-state index contributed by atoms with van der Waals surface area (Å²) < 4.78 is 5.03. The summed E-state index contributed by atoms with van der Waals surface area (Å²) in [5, 5.41) is 0. The largest absolute Gasteiger partial charge is 0.465 e. The quantitative estimate of drug-likeness (QED) is 0.462. The van der Waals surface area contributed by atoms with Crippen molar-refractivity contribution >= 4 is 17.7 Å². The molecule has 0 unspecified atom stereocenters. The Labute approximate surface area is 91.8 Å². The maximum atomic E-state index is 10.9. The van der Waals surface area contributed by atoms with Crippen molar-refractivity contribution in [2.24, 2.45) is 5.92 Å². The summed E-state index contributed by atoms with van der Waals surface area (Å²) in [7, 11) is 0. The van der Waals surface area contributed by atoms with Gasteiger partial charge in [0, 0.05) is 0 Å². The number of ether oxygens (including phenoxy) is 1. The van der Waals surface area contributed by atoms with E-state index >= 15 is 0 Å². The number of esters is 1. The zero-order chi connectivity index (χ0) is 10.8. The molecule has 2 nitrogen and oxygen atoms in total. The fraction of sp³-hybridized carbons (Fsp3) is 0.909. The number of hydrogen-bond acceptors (Lipinski definition) is 3. The fourth-order valence-electron chi connectivity index (χ4n) is 1.18. The predicted molar refractivity (Wildman–Crippen MR) is 62.6 cm³/mol. The highest BCUT2D eigenvalue weighted by atomic mass is 32.2. The summed E-state index contributed by atoms with van der Waals surface area (Å²) in [6, 6.07) is 0. The molecule has 0 bridgehead atoms. The number of carbonyl (C=O) groups excluding carboxylic acids is 1. The summed E-state index contributed by atoms with van der Waals surface area (Å²) in [5.74, 6) is 1.18. The lowest BCUT2D eigenvalue weighted by molar-refractivity contribution is -0.140. The SMILES string of the molecule is CSCC(=O)OCCCCCC(C)C. The average molecular weight is 218 g/mol. The molecule has 0 radical (unpaired) electrons. The zero-order valence-electron chi connectivity index (χ0n) is 9.54. The van der Waals surface area contributed by atoms with Gasteiger partial charge in [0.2, 0.25) is 0 Å². The van der Waals surface area contributed by atoms with Crippen LogP contribution in [-0.2, 0) is 9.53 Å². The first-order valence-electron chi connectivity index (χ1n) is 5.31. The zero-order valence-corrected chi connectivity index (χ0v) is 10.4. The van der Waals surface area contributed by atoms with Gasteiger partial charge in [-0.05, 0) is 18.6 Å². The molecule has 0 aromatic carbocycles. The molecule has 0 N–H and O–H groups in total. The van der Waals surface area contributed by atoms with E-state index in [4.69, 9.17) is 4.74 Å². The number of carbonyl (C=O) groups is 1. The minimum absolute atomic E-state index is 0.0821. The van der Waals surface area contributed by atoms with Gasteiger partial charge < -0.3 is 4.74 Å². The smallest absolute Gasteiger partial charge is 0.315 e. The normalized spacial score (nSPS) is 10.6. The van der Waals surface area contributed by atoms with Crippen molar-refractivity contribution in [3.05, 3.63) is 0 Å². The van der Waals surface area contributed by atoms with Gasteiger partial charge in [-0.25, -0.2) is 0 Å². The minimum Gasteiger partial charge on any atom is -0.465 e. The van der Waals surface area contributed by atoms with Crippen LogP contribution in [0, 0.1) is 5.92 Å². The van der Waals surface area contributed by atoms with Crippen molar-refractivity contribution in [2.45, 2.75) is 39.5 Å². The second-order valence-corrected chi connectivity index (χ2v) is 4.76. The van der Waals surface area contributed by atoms with Crippen molar-refractivity contribution in [1.82, 2.24) is 0 Å². The van der Waals surface area contributed by atoms with Gasteiger partial charge in [0.15, 0.2) is 0 Å². The molecule has 0 aromatic rings. The molecule has 0 atom stereocenters. The first kappa shape index (κ1) is 13.8. The maximum absolute atomic E-state index is 10.9. The highest BCUT2D eigenvalue weighted by molar-refractivity contribution is 7.99. The third-order valence-corrected chi connectivity index (χ3v) is 2.48. The molecule has 0 aliphatic rings. The van der Waals surface area contributed by atoms with E-state index in [-0.39, 0.29) is 5.97 Å². The van der Waals surface area contributed by atoms with Crippen molar-refractivity contribution in [2.75, 3.05) is 18.6 Å². The van der Waals surface area contributed by atoms with Crippen LogP contribution < -0.4 is 0 Å². The Hall–Kier alpha value is -0.180.